The quantitative estimate of drug-likeness (QED) is 0.857. The van der Waals surface area contributed by atoms with Gasteiger partial charge in [-0.1, -0.05) is 51.1 Å². The highest BCUT2D eigenvalue weighted by molar-refractivity contribution is 5.76. The first-order valence-electron chi connectivity index (χ1n) is 6.94. The van der Waals surface area contributed by atoms with Crippen LogP contribution in [-0.2, 0) is 11.3 Å². The summed E-state index contributed by atoms with van der Waals surface area (Å²) in [5.74, 6) is 0.213. The molecule has 0 fully saturated rings. The molecule has 0 aliphatic heterocycles. The molecule has 0 aliphatic rings. The van der Waals surface area contributed by atoms with Crippen LogP contribution in [0.1, 0.15) is 39.2 Å². The monoisotopic (exact) mass is 262 g/mol. The molecule has 1 aromatic carbocycles. The van der Waals surface area contributed by atoms with E-state index in [1.165, 1.54) is 5.56 Å². The van der Waals surface area contributed by atoms with E-state index in [0.29, 0.717) is 19.5 Å². The normalized spacial score (nSPS) is 11.4. The lowest BCUT2D eigenvalue weighted by Crippen LogP contribution is -2.34. The molecule has 0 aromatic heterocycles. The van der Waals surface area contributed by atoms with Crippen LogP contribution in [0.5, 0.6) is 0 Å². The standard InChI is InChI=1S/C16H26N2O/c1-16(2,3)12-15(19)18(11-7-10-17)13-14-8-5-4-6-9-14/h4-6,8-9H,7,10-13,17H2,1-3H3. The predicted molar refractivity (Wildman–Crippen MR) is 79.6 cm³/mol. The largest absolute Gasteiger partial charge is 0.338 e. The molecule has 0 heterocycles. The summed E-state index contributed by atoms with van der Waals surface area (Å²) >= 11 is 0. The van der Waals surface area contributed by atoms with E-state index in [0.717, 1.165) is 13.0 Å². The van der Waals surface area contributed by atoms with Crippen LogP contribution in [-0.4, -0.2) is 23.9 Å². The van der Waals surface area contributed by atoms with Crippen LogP contribution in [0.25, 0.3) is 0 Å². The molecular formula is C16H26N2O. The second-order valence-corrected chi connectivity index (χ2v) is 6.18. The molecule has 0 bridgehead atoms. The molecule has 0 unspecified atom stereocenters. The van der Waals surface area contributed by atoms with Crippen molar-refractivity contribution in [2.24, 2.45) is 11.1 Å². The predicted octanol–water partition coefficient (Wildman–Crippen LogP) is 2.80. The Kier molecular flexibility index (Phi) is 6.03. The zero-order valence-electron chi connectivity index (χ0n) is 12.4. The van der Waals surface area contributed by atoms with E-state index in [1.807, 2.05) is 23.1 Å². The average molecular weight is 262 g/mol. The van der Waals surface area contributed by atoms with Gasteiger partial charge in [-0.3, -0.25) is 4.79 Å². The van der Waals surface area contributed by atoms with Gasteiger partial charge in [-0.15, -0.1) is 0 Å². The first-order chi connectivity index (χ1) is 8.92. The van der Waals surface area contributed by atoms with Crippen molar-refractivity contribution in [2.75, 3.05) is 13.1 Å². The van der Waals surface area contributed by atoms with Crippen LogP contribution in [0.3, 0.4) is 0 Å². The molecule has 3 heteroatoms. The molecular weight excluding hydrogens is 236 g/mol. The number of carbonyl (C=O) groups excluding carboxylic acids is 1. The molecule has 3 nitrogen and oxygen atoms in total. The molecule has 0 radical (unpaired) electrons. The molecule has 2 N–H and O–H groups in total. The first kappa shape index (κ1) is 15.7. The Hall–Kier alpha value is -1.35. The van der Waals surface area contributed by atoms with Gasteiger partial charge in [-0.25, -0.2) is 0 Å². The van der Waals surface area contributed by atoms with Crippen LogP contribution in [0, 0.1) is 5.41 Å². The summed E-state index contributed by atoms with van der Waals surface area (Å²) in [4.78, 5) is 14.3. The van der Waals surface area contributed by atoms with E-state index in [1.54, 1.807) is 0 Å². The fourth-order valence-corrected chi connectivity index (χ4v) is 1.94. The van der Waals surface area contributed by atoms with E-state index in [4.69, 9.17) is 5.73 Å². The minimum Gasteiger partial charge on any atom is -0.338 e. The number of amides is 1. The summed E-state index contributed by atoms with van der Waals surface area (Å²) in [6, 6.07) is 10.1. The molecule has 1 rings (SSSR count). The molecule has 0 aliphatic carbocycles. The Morgan fingerprint density at radius 1 is 1.21 bits per heavy atom. The third kappa shape index (κ3) is 6.39. The maximum Gasteiger partial charge on any atom is 0.223 e. The summed E-state index contributed by atoms with van der Waals surface area (Å²) in [7, 11) is 0. The van der Waals surface area contributed by atoms with E-state index >= 15 is 0 Å². The van der Waals surface area contributed by atoms with Crippen molar-refractivity contribution in [3.8, 4) is 0 Å². The highest BCUT2D eigenvalue weighted by atomic mass is 16.2. The topological polar surface area (TPSA) is 46.3 Å². The van der Waals surface area contributed by atoms with Gasteiger partial charge in [0.25, 0.3) is 0 Å². The number of nitrogens with zero attached hydrogens (tertiary/aromatic N) is 1. The van der Waals surface area contributed by atoms with Crippen molar-refractivity contribution in [3.63, 3.8) is 0 Å². The smallest absolute Gasteiger partial charge is 0.223 e. The van der Waals surface area contributed by atoms with Crippen molar-refractivity contribution in [2.45, 2.75) is 40.2 Å². The van der Waals surface area contributed by atoms with Crippen LogP contribution >= 0.6 is 0 Å². The summed E-state index contributed by atoms with van der Waals surface area (Å²) in [5.41, 5.74) is 6.75. The van der Waals surface area contributed by atoms with E-state index in [2.05, 4.69) is 32.9 Å². The number of nitrogens with two attached hydrogens (primary N) is 1. The molecule has 0 spiro atoms. The summed E-state index contributed by atoms with van der Waals surface area (Å²) in [5, 5.41) is 0. The van der Waals surface area contributed by atoms with Gasteiger partial charge in [0.15, 0.2) is 0 Å². The molecule has 1 aromatic rings. The lowest BCUT2D eigenvalue weighted by molar-refractivity contribution is -0.133. The van der Waals surface area contributed by atoms with Crippen LogP contribution in [0.4, 0.5) is 0 Å². The highest BCUT2D eigenvalue weighted by Crippen LogP contribution is 2.20. The minimum absolute atomic E-state index is 0.0226. The van der Waals surface area contributed by atoms with E-state index in [9.17, 15) is 4.79 Å². The van der Waals surface area contributed by atoms with Gasteiger partial charge in [0.2, 0.25) is 5.91 Å². The lowest BCUT2D eigenvalue weighted by atomic mass is 9.91. The fourth-order valence-electron chi connectivity index (χ4n) is 1.94. The Morgan fingerprint density at radius 3 is 2.37 bits per heavy atom. The SMILES string of the molecule is CC(C)(C)CC(=O)N(CCCN)Cc1ccccc1. The van der Waals surface area contributed by atoms with Gasteiger partial charge in [0, 0.05) is 19.5 Å². The van der Waals surface area contributed by atoms with Gasteiger partial charge < -0.3 is 10.6 Å². The van der Waals surface area contributed by atoms with Crippen molar-refractivity contribution in [1.82, 2.24) is 4.90 Å². The van der Waals surface area contributed by atoms with E-state index in [-0.39, 0.29) is 11.3 Å². The summed E-state index contributed by atoms with van der Waals surface area (Å²) in [6.07, 6.45) is 1.42. The molecule has 19 heavy (non-hydrogen) atoms. The van der Waals surface area contributed by atoms with E-state index < -0.39 is 0 Å². The van der Waals surface area contributed by atoms with Gasteiger partial charge in [0.1, 0.15) is 0 Å². The molecule has 0 saturated heterocycles. The molecule has 0 atom stereocenters. The zero-order chi connectivity index (χ0) is 14.3. The zero-order valence-corrected chi connectivity index (χ0v) is 12.4. The second-order valence-electron chi connectivity index (χ2n) is 6.18. The maximum atomic E-state index is 12.4. The average Bonchev–Trinajstić information content (AvgIpc) is 2.33. The number of hydrogen-bond donors (Lipinski definition) is 1. The molecule has 106 valence electrons. The highest BCUT2D eigenvalue weighted by Gasteiger charge is 2.20. The maximum absolute atomic E-state index is 12.4. The number of carbonyl (C=O) groups is 1. The third-order valence-electron chi connectivity index (χ3n) is 2.88. The fraction of sp³-hybridized carbons (Fsp3) is 0.562. The van der Waals surface area contributed by atoms with Crippen LogP contribution in [0.15, 0.2) is 30.3 Å². The Morgan fingerprint density at radius 2 is 1.84 bits per heavy atom. The third-order valence-corrected chi connectivity index (χ3v) is 2.88. The van der Waals surface area contributed by atoms with Gasteiger partial charge in [0.05, 0.1) is 0 Å². The van der Waals surface area contributed by atoms with Crippen molar-refractivity contribution in [3.05, 3.63) is 35.9 Å². The Labute approximate surface area is 116 Å². The van der Waals surface area contributed by atoms with Crippen molar-refractivity contribution < 1.29 is 4.79 Å². The summed E-state index contributed by atoms with van der Waals surface area (Å²) in [6.45, 7) is 8.31. The summed E-state index contributed by atoms with van der Waals surface area (Å²) < 4.78 is 0. The lowest BCUT2D eigenvalue weighted by Gasteiger charge is -2.27. The van der Waals surface area contributed by atoms with Crippen molar-refractivity contribution in [1.29, 1.82) is 0 Å². The molecule has 0 saturated carbocycles. The van der Waals surface area contributed by atoms with Gasteiger partial charge >= 0.3 is 0 Å². The Bertz CT molecular complexity index is 381. The number of rotatable bonds is 6. The molecule has 1 amide bonds. The van der Waals surface area contributed by atoms with Gasteiger partial charge in [-0.2, -0.15) is 0 Å². The number of benzene rings is 1. The Balaban J connectivity index is 2.68. The number of hydrogen-bond acceptors (Lipinski definition) is 2. The minimum atomic E-state index is 0.0226. The first-order valence-corrected chi connectivity index (χ1v) is 6.94. The second kappa shape index (κ2) is 7.29. The van der Waals surface area contributed by atoms with Crippen LogP contribution < -0.4 is 5.73 Å². The van der Waals surface area contributed by atoms with Crippen LogP contribution in [0.2, 0.25) is 0 Å². The van der Waals surface area contributed by atoms with Gasteiger partial charge in [-0.05, 0) is 23.9 Å². The van der Waals surface area contributed by atoms with Crippen molar-refractivity contribution >= 4 is 5.91 Å².